The topological polar surface area (TPSA) is 41.6 Å². The molecule has 1 N–H and O–H groups in total. The van der Waals surface area contributed by atoms with Crippen LogP contribution in [0, 0.1) is 0 Å². The van der Waals surface area contributed by atoms with Crippen LogP contribution in [0.15, 0.2) is 0 Å². The van der Waals surface area contributed by atoms with Gasteiger partial charge in [-0.2, -0.15) is 11.8 Å². The van der Waals surface area contributed by atoms with Crippen LogP contribution >= 0.6 is 11.8 Å². The highest BCUT2D eigenvalue weighted by atomic mass is 32.2. The Hall–Kier alpha value is -0.260. The Morgan fingerprint density at radius 1 is 1.67 bits per heavy atom. The van der Waals surface area contributed by atoms with E-state index in [0.717, 1.165) is 18.1 Å². The summed E-state index contributed by atoms with van der Waals surface area (Å²) in [4.78, 5) is 13.6. The van der Waals surface area contributed by atoms with Crippen molar-refractivity contribution in [2.45, 2.75) is 13.0 Å². The van der Waals surface area contributed by atoms with E-state index >= 15 is 0 Å². The molecule has 0 saturated carbocycles. The van der Waals surface area contributed by atoms with E-state index in [0.29, 0.717) is 19.8 Å². The average Bonchev–Trinajstić information content (AvgIpc) is 2.29. The van der Waals surface area contributed by atoms with E-state index in [1.165, 1.54) is 0 Å². The molecule has 1 aliphatic rings. The molecule has 1 unspecified atom stereocenters. The van der Waals surface area contributed by atoms with Gasteiger partial charge in [-0.1, -0.05) is 0 Å². The summed E-state index contributed by atoms with van der Waals surface area (Å²) < 4.78 is 5.22. The molecule has 0 spiro atoms. The molecule has 1 rings (SSSR count). The lowest BCUT2D eigenvalue weighted by molar-refractivity contribution is -0.132. The van der Waals surface area contributed by atoms with Crippen LogP contribution in [0.2, 0.25) is 0 Å². The van der Waals surface area contributed by atoms with Gasteiger partial charge in [0.25, 0.3) is 0 Å². The Balaban J connectivity index is 2.24. The molecular weight excluding hydrogens is 212 g/mol. The second-order valence-electron chi connectivity index (χ2n) is 3.54. The molecule has 15 heavy (non-hydrogen) atoms. The van der Waals surface area contributed by atoms with E-state index in [1.807, 2.05) is 25.7 Å². The number of ether oxygens (including phenoxy) is 1. The van der Waals surface area contributed by atoms with Crippen molar-refractivity contribution in [2.75, 3.05) is 44.9 Å². The van der Waals surface area contributed by atoms with Gasteiger partial charge in [-0.25, -0.2) is 0 Å². The van der Waals surface area contributed by atoms with Crippen LogP contribution in [0.1, 0.15) is 6.92 Å². The van der Waals surface area contributed by atoms with Crippen molar-refractivity contribution in [1.29, 1.82) is 0 Å². The van der Waals surface area contributed by atoms with Gasteiger partial charge in [0.1, 0.15) is 0 Å². The zero-order valence-electron chi connectivity index (χ0n) is 9.49. The van der Waals surface area contributed by atoms with E-state index in [2.05, 4.69) is 5.32 Å². The van der Waals surface area contributed by atoms with Crippen molar-refractivity contribution in [3.8, 4) is 0 Å². The molecule has 1 atom stereocenters. The molecule has 0 bridgehead atoms. The first-order valence-electron chi connectivity index (χ1n) is 5.39. The number of carbonyl (C=O) groups excluding carboxylic acids is 1. The summed E-state index contributed by atoms with van der Waals surface area (Å²) in [6, 6.07) is -0.00428. The minimum Gasteiger partial charge on any atom is -0.380 e. The van der Waals surface area contributed by atoms with E-state index in [4.69, 9.17) is 4.74 Å². The number of likely N-dealkylation sites (N-methyl/N-ethyl adjacent to an activating group) is 1. The van der Waals surface area contributed by atoms with Crippen molar-refractivity contribution >= 4 is 17.7 Å². The number of amides is 1. The number of carbonyl (C=O) groups is 1. The van der Waals surface area contributed by atoms with Crippen molar-refractivity contribution in [3.63, 3.8) is 0 Å². The monoisotopic (exact) mass is 232 g/mol. The largest absolute Gasteiger partial charge is 0.380 e. The normalized spacial score (nSPS) is 21.3. The van der Waals surface area contributed by atoms with E-state index in [9.17, 15) is 4.79 Å². The van der Waals surface area contributed by atoms with Gasteiger partial charge in [0.05, 0.1) is 12.6 Å². The summed E-state index contributed by atoms with van der Waals surface area (Å²) in [6.07, 6.45) is 0. The molecule has 1 saturated heterocycles. The Kier molecular flexibility index (Phi) is 6.05. The molecule has 0 aromatic rings. The number of nitrogens with one attached hydrogen (secondary N) is 1. The summed E-state index contributed by atoms with van der Waals surface area (Å²) >= 11 is 1.84. The average molecular weight is 232 g/mol. The number of thioether (sulfide) groups is 1. The van der Waals surface area contributed by atoms with Crippen molar-refractivity contribution in [1.82, 2.24) is 10.2 Å². The molecule has 1 amide bonds. The standard InChI is InChI=1S/C10H20N2O2S/c1-3-14-6-5-12(2)10(13)9-8-15-7-4-11-9/h9,11H,3-8H2,1-2H3. The van der Waals surface area contributed by atoms with Crippen LogP contribution in [-0.4, -0.2) is 61.7 Å². The third kappa shape index (κ3) is 4.40. The Labute approximate surface area is 95.7 Å². The van der Waals surface area contributed by atoms with Crippen molar-refractivity contribution < 1.29 is 9.53 Å². The Bertz CT molecular complexity index is 196. The van der Waals surface area contributed by atoms with Crippen LogP contribution in [0.5, 0.6) is 0 Å². The van der Waals surface area contributed by atoms with Gasteiger partial charge in [0, 0.05) is 38.2 Å². The van der Waals surface area contributed by atoms with Gasteiger partial charge in [0.2, 0.25) is 5.91 Å². The fraction of sp³-hybridized carbons (Fsp3) is 0.900. The number of hydrogen-bond acceptors (Lipinski definition) is 4. The molecule has 5 heteroatoms. The highest BCUT2D eigenvalue weighted by molar-refractivity contribution is 7.99. The molecule has 0 radical (unpaired) electrons. The third-order valence-electron chi connectivity index (χ3n) is 2.37. The molecule has 4 nitrogen and oxygen atoms in total. The second-order valence-corrected chi connectivity index (χ2v) is 4.69. The van der Waals surface area contributed by atoms with Gasteiger partial charge < -0.3 is 15.0 Å². The predicted molar refractivity (Wildman–Crippen MR) is 63.2 cm³/mol. The maximum absolute atomic E-state index is 11.9. The van der Waals surface area contributed by atoms with Crippen molar-refractivity contribution in [3.05, 3.63) is 0 Å². The van der Waals surface area contributed by atoms with E-state index < -0.39 is 0 Å². The summed E-state index contributed by atoms with van der Waals surface area (Å²) in [6.45, 7) is 4.90. The first-order valence-corrected chi connectivity index (χ1v) is 6.55. The Morgan fingerprint density at radius 2 is 2.47 bits per heavy atom. The van der Waals surface area contributed by atoms with Gasteiger partial charge in [0.15, 0.2) is 0 Å². The summed E-state index contributed by atoms with van der Waals surface area (Å²) in [7, 11) is 1.84. The zero-order valence-corrected chi connectivity index (χ0v) is 10.3. The van der Waals surface area contributed by atoms with Crippen LogP contribution in [-0.2, 0) is 9.53 Å². The lowest BCUT2D eigenvalue weighted by atomic mass is 10.3. The molecule has 88 valence electrons. The van der Waals surface area contributed by atoms with Crippen LogP contribution in [0.25, 0.3) is 0 Å². The molecule has 1 fully saturated rings. The summed E-state index contributed by atoms with van der Waals surface area (Å²) in [5.41, 5.74) is 0. The highest BCUT2D eigenvalue weighted by Gasteiger charge is 2.23. The fourth-order valence-electron chi connectivity index (χ4n) is 1.45. The minimum absolute atomic E-state index is 0.00428. The number of rotatable bonds is 5. The SMILES string of the molecule is CCOCCN(C)C(=O)C1CSCCN1. The highest BCUT2D eigenvalue weighted by Crippen LogP contribution is 2.09. The lowest BCUT2D eigenvalue weighted by Gasteiger charge is -2.27. The maximum atomic E-state index is 11.9. The fourth-order valence-corrected chi connectivity index (χ4v) is 2.37. The first kappa shape index (κ1) is 12.8. The van der Waals surface area contributed by atoms with Crippen LogP contribution < -0.4 is 5.32 Å². The molecule has 1 heterocycles. The van der Waals surface area contributed by atoms with E-state index in [1.54, 1.807) is 4.90 Å². The predicted octanol–water partition coefficient (Wildman–Crippen LogP) is 0.186. The quantitative estimate of drug-likeness (QED) is 0.687. The van der Waals surface area contributed by atoms with Gasteiger partial charge in [-0.15, -0.1) is 0 Å². The van der Waals surface area contributed by atoms with Gasteiger partial charge in [-0.05, 0) is 6.92 Å². The summed E-state index contributed by atoms with van der Waals surface area (Å²) in [5, 5.41) is 3.24. The molecule has 1 aliphatic heterocycles. The first-order chi connectivity index (χ1) is 7.25. The second kappa shape index (κ2) is 7.09. The smallest absolute Gasteiger partial charge is 0.240 e. The number of hydrogen-bond donors (Lipinski definition) is 1. The molecule has 0 aromatic heterocycles. The van der Waals surface area contributed by atoms with Crippen LogP contribution in [0.4, 0.5) is 0 Å². The maximum Gasteiger partial charge on any atom is 0.240 e. The molecule has 0 aliphatic carbocycles. The zero-order chi connectivity index (χ0) is 11.1. The Morgan fingerprint density at radius 3 is 3.07 bits per heavy atom. The molecular formula is C10H20N2O2S. The lowest BCUT2D eigenvalue weighted by Crippen LogP contribution is -2.50. The third-order valence-corrected chi connectivity index (χ3v) is 3.43. The number of nitrogens with zero attached hydrogens (tertiary/aromatic N) is 1. The van der Waals surface area contributed by atoms with Gasteiger partial charge in [-0.3, -0.25) is 4.79 Å². The van der Waals surface area contributed by atoms with Crippen molar-refractivity contribution in [2.24, 2.45) is 0 Å². The van der Waals surface area contributed by atoms with Crippen LogP contribution in [0.3, 0.4) is 0 Å². The minimum atomic E-state index is -0.00428. The molecule has 0 aromatic carbocycles. The van der Waals surface area contributed by atoms with E-state index in [-0.39, 0.29) is 11.9 Å². The summed E-state index contributed by atoms with van der Waals surface area (Å²) in [5.74, 6) is 2.17. The van der Waals surface area contributed by atoms with Gasteiger partial charge >= 0.3 is 0 Å².